The van der Waals surface area contributed by atoms with Gasteiger partial charge in [-0.15, -0.1) is 0 Å². The van der Waals surface area contributed by atoms with Crippen LogP contribution in [-0.2, 0) is 11.3 Å². The van der Waals surface area contributed by atoms with Gasteiger partial charge >= 0.3 is 0 Å². The summed E-state index contributed by atoms with van der Waals surface area (Å²) in [5.74, 6) is 1.28. The van der Waals surface area contributed by atoms with Gasteiger partial charge in [0.25, 0.3) is 0 Å². The molecule has 2 aliphatic carbocycles. The van der Waals surface area contributed by atoms with E-state index in [0.717, 1.165) is 81.2 Å². The summed E-state index contributed by atoms with van der Waals surface area (Å²) in [7, 11) is 0. The topological polar surface area (TPSA) is 44.6 Å². The van der Waals surface area contributed by atoms with E-state index in [9.17, 15) is 9.18 Å². The van der Waals surface area contributed by atoms with Crippen LogP contribution in [0, 0.1) is 18.7 Å². The van der Waals surface area contributed by atoms with Gasteiger partial charge in [0.1, 0.15) is 11.6 Å². The van der Waals surface area contributed by atoms with Gasteiger partial charge in [-0.25, -0.2) is 9.07 Å². The van der Waals surface area contributed by atoms with Crippen molar-refractivity contribution in [1.29, 1.82) is 0 Å². The molecule has 1 amide bonds. The van der Waals surface area contributed by atoms with E-state index in [4.69, 9.17) is 5.10 Å². The van der Waals surface area contributed by atoms with Gasteiger partial charge in [0.05, 0.1) is 17.9 Å². The molecule has 1 aromatic heterocycles. The second-order valence-corrected chi connectivity index (χ2v) is 9.53. The third-order valence-electron chi connectivity index (χ3n) is 7.38. The number of aryl methyl sites for hydroxylation is 1. The zero-order chi connectivity index (χ0) is 22.2. The van der Waals surface area contributed by atoms with E-state index in [1.54, 1.807) is 12.1 Å². The first-order valence-corrected chi connectivity index (χ1v) is 12.2. The number of anilines is 1. The Labute approximate surface area is 190 Å². The number of hydrogen-bond acceptors (Lipinski definition) is 4. The van der Waals surface area contributed by atoms with Gasteiger partial charge in [-0.05, 0) is 57.4 Å². The molecule has 3 fully saturated rings. The van der Waals surface area contributed by atoms with Gasteiger partial charge < -0.3 is 14.7 Å². The predicted octanol–water partition coefficient (Wildman–Crippen LogP) is 3.75. The van der Waals surface area contributed by atoms with E-state index >= 15 is 0 Å². The Morgan fingerprint density at radius 3 is 2.50 bits per heavy atom. The van der Waals surface area contributed by atoms with Crippen LogP contribution in [0.4, 0.5) is 10.2 Å². The molecule has 1 aromatic carbocycles. The number of nitrogens with zero attached hydrogens (tertiary/aromatic N) is 5. The third-order valence-corrected chi connectivity index (χ3v) is 7.38. The highest BCUT2D eigenvalue weighted by atomic mass is 19.1. The molecule has 32 heavy (non-hydrogen) atoms. The number of piperazine rings is 1. The minimum atomic E-state index is -0.265. The van der Waals surface area contributed by atoms with Crippen molar-refractivity contribution in [2.75, 3.05) is 37.6 Å². The lowest BCUT2D eigenvalue weighted by Crippen LogP contribution is -2.47. The van der Waals surface area contributed by atoms with Crippen LogP contribution in [0.2, 0.25) is 0 Å². The van der Waals surface area contributed by atoms with Gasteiger partial charge in [-0.2, -0.15) is 5.10 Å². The maximum Gasteiger partial charge on any atom is 0.226 e. The Hall–Kier alpha value is -2.41. The normalized spacial score (nSPS) is 19.8. The number of carbonyl (C=O) groups is 1. The molecule has 1 aliphatic heterocycles. The lowest BCUT2D eigenvalue weighted by atomic mass is 9.84. The van der Waals surface area contributed by atoms with Gasteiger partial charge in [-0.3, -0.25) is 4.79 Å². The number of aromatic nitrogens is 2. The number of benzene rings is 1. The Bertz CT molecular complexity index is 973. The summed E-state index contributed by atoms with van der Waals surface area (Å²) in [5.41, 5.74) is 2.77. The van der Waals surface area contributed by atoms with E-state index in [0.29, 0.717) is 18.5 Å². The zero-order valence-corrected chi connectivity index (χ0v) is 19.3. The Kier molecular flexibility index (Phi) is 5.93. The molecule has 1 saturated heterocycles. The minimum absolute atomic E-state index is 0.200. The molecule has 5 rings (SSSR count). The number of amides is 1. The molecule has 2 saturated carbocycles. The summed E-state index contributed by atoms with van der Waals surface area (Å²) < 4.78 is 16.0. The van der Waals surface area contributed by atoms with Crippen LogP contribution in [-0.4, -0.2) is 64.3 Å². The van der Waals surface area contributed by atoms with Crippen molar-refractivity contribution < 1.29 is 9.18 Å². The lowest BCUT2D eigenvalue weighted by Gasteiger charge is -2.37. The first-order valence-electron chi connectivity index (χ1n) is 12.2. The number of likely N-dealkylation sites (N-methyl/N-ethyl adjacent to an activating group) is 1. The van der Waals surface area contributed by atoms with Gasteiger partial charge in [-0.1, -0.05) is 19.4 Å². The van der Waals surface area contributed by atoms with Crippen LogP contribution in [0.15, 0.2) is 24.3 Å². The molecule has 0 bridgehead atoms. The highest BCUT2D eigenvalue weighted by Crippen LogP contribution is 2.37. The molecular weight excluding hydrogens is 405 g/mol. The molecule has 0 atom stereocenters. The minimum Gasteiger partial charge on any atom is -0.354 e. The Balaban J connectivity index is 1.51. The highest BCUT2D eigenvalue weighted by Gasteiger charge is 2.39. The molecule has 172 valence electrons. The Morgan fingerprint density at radius 1 is 1.16 bits per heavy atom. The maximum atomic E-state index is 14.1. The SMILES string of the molecule is CCN1CCN(c2c(CN(C(=O)C3CCC3)C3CC3)c(C)nn2-c2cccc(F)c2)CC1. The van der Waals surface area contributed by atoms with E-state index in [1.165, 1.54) is 12.5 Å². The highest BCUT2D eigenvalue weighted by molar-refractivity contribution is 5.80. The molecule has 2 aromatic rings. The molecule has 3 aliphatic rings. The van der Waals surface area contributed by atoms with Crippen LogP contribution >= 0.6 is 0 Å². The van der Waals surface area contributed by atoms with Crippen LogP contribution < -0.4 is 4.90 Å². The number of rotatable bonds is 7. The average molecular weight is 440 g/mol. The van der Waals surface area contributed by atoms with Crippen molar-refractivity contribution in [3.63, 3.8) is 0 Å². The van der Waals surface area contributed by atoms with E-state index < -0.39 is 0 Å². The zero-order valence-electron chi connectivity index (χ0n) is 19.3. The molecule has 0 unspecified atom stereocenters. The van der Waals surface area contributed by atoms with Crippen LogP contribution in [0.1, 0.15) is 50.3 Å². The summed E-state index contributed by atoms with van der Waals surface area (Å²) >= 11 is 0. The third kappa shape index (κ3) is 4.15. The molecule has 7 heteroatoms. The second kappa shape index (κ2) is 8.85. The molecule has 6 nitrogen and oxygen atoms in total. The van der Waals surface area contributed by atoms with E-state index in [-0.39, 0.29) is 11.7 Å². The molecule has 0 radical (unpaired) electrons. The molecule has 0 spiro atoms. The van der Waals surface area contributed by atoms with Gasteiger partial charge in [0, 0.05) is 43.7 Å². The molecule has 2 heterocycles. The number of carbonyl (C=O) groups excluding carboxylic acids is 1. The monoisotopic (exact) mass is 439 g/mol. The van der Waals surface area contributed by atoms with Crippen molar-refractivity contribution >= 4 is 11.7 Å². The smallest absolute Gasteiger partial charge is 0.226 e. The van der Waals surface area contributed by atoms with E-state index in [1.807, 2.05) is 17.7 Å². The summed E-state index contributed by atoms with van der Waals surface area (Å²) in [6, 6.07) is 7.01. The van der Waals surface area contributed by atoms with Crippen LogP contribution in [0.3, 0.4) is 0 Å². The van der Waals surface area contributed by atoms with Crippen molar-refractivity contribution in [1.82, 2.24) is 19.6 Å². The Morgan fingerprint density at radius 2 is 1.91 bits per heavy atom. The summed E-state index contributed by atoms with van der Waals surface area (Å²) in [6.07, 6.45) is 5.41. The van der Waals surface area contributed by atoms with E-state index in [2.05, 4.69) is 21.6 Å². The van der Waals surface area contributed by atoms with Gasteiger partial charge in [0.15, 0.2) is 0 Å². The number of halogens is 1. The second-order valence-electron chi connectivity index (χ2n) is 9.53. The van der Waals surface area contributed by atoms with Crippen LogP contribution in [0.25, 0.3) is 5.69 Å². The number of hydrogen-bond donors (Lipinski definition) is 0. The van der Waals surface area contributed by atoms with Gasteiger partial charge in [0.2, 0.25) is 5.91 Å². The summed E-state index contributed by atoms with van der Waals surface area (Å²) in [5, 5.41) is 4.86. The first kappa shape index (κ1) is 21.4. The standard InChI is InChI=1S/C25H34FN5O/c1-3-28-12-14-29(15-13-28)24-23(17-30(21-10-11-21)25(32)19-6-4-7-19)18(2)27-31(24)22-9-5-8-20(26)16-22/h5,8-9,16,19,21H,3-4,6-7,10-15,17H2,1-2H3. The largest absolute Gasteiger partial charge is 0.354 e. The van der Waals surface area contributed by atoms with Crippen molar-refractivity contribution in [2.45, 2.75) is 58.5 Å². The van der Waals surface area contributed by atoms with Crippen LogP contribution in [0.5, 0.6) is 0 Å². The fourth-order valence-corrected chi connectivity index (χ4v) is 4.95. The lowest BCUT2D eigenvalue weighted by molar-refractivity contribution is -0.139. The average Bonchev–Trinajstić information content (AvgIpc) is 3.54. The first-order chi connectivity index (χ1) is 15.5. The molecular formula is C25H34FN5O. The molecule has 0 N–H and O–H groups in total. The quantitative estimate of drug-likeness (QED) is 0.659. The predicted molar refractivity (Wildman–Crippen MR) is 123 cm³/mol. The van der Waals surface area contributed by atoms with Crippen molar-refractivity contribution in [3.05, 3.63) is 41.3 Å². The fourth-order valence-electron chi connectivity index (χ4n) is 4.95. The fraction of sp³-hybridized carbons (Fsp3) is 0.600. The van der Waals surface area contributed by atoms with Crippen molar-refractivity contribution in [2.24, 2.45) is 5.92 Å². The summed E-state index contributed by atoms with van der Waals surface area (Å²) in [4.78, 5) is 20.2. The summed E-state index contributed by atoms with van der Waals surface area (Å²) in [6.45, 7) is 9.67. The maximum absolute atomic E-state index is 14.1. The van der Waals surface area contributed by atoms with Crippen molar-refractivity contribution in [3.8, 4) is 5.69 Å².